The zero-order valence-electron chi connectivity index (χ0n) is 7.85. The van der Waals surface area contributed by atoms with Crippen LogP contribution in [-0.4, -0.2) is 4.57 Å². The fraction of sp³-hybridized carbons (Fsp3) is 0. The van der Waals surface area contributed by atoms with Crippen molar-refractivity contribution < 1.29 is 0 Å². The molecule has 0 spiro atoms. The van der Waals surface area contributed by atoms with E-state index in [-0.39, 0.29) is 0 Å². The molecule has 3 heteroatoms. The lowest BCUT2D eigenvalue weighted by molar-refractivity contribution is 1.10. The van der Waals surface area contributed by atoms with Crippen molar-refractivity contribution >= 4 is 38.2 Å². The van der Waals surface area contributed by atoms with E-state index in [0.29, 0.717) is 0 Å². The van der Waals surface area contributed by atoms with Crippen molar-refractivity contribution in [3.63, 3.8) is 0 Å². The molecule has 0 N–H and O–H groups in total. The van der Waals surface area contributed by atoms with E-state index >= 15 is 0 Å². The van der Waals surface area contributed by atoms with Gasteiger partial charge in [0, 0.05) is 10.8 Å². The Balaban J connectivity index is 2.39. The molecule has 0 atom stereocenters. The van der Waals surface area contributed by atoms with Gasteiger partial charge in [-0.1, -0.05) is 18.2 Å². The number of benzene rings is 1. The van der Waals surface area contributed by atoms with Crippen LogP contribution in [0.5, 0.6) is 0 Å². The van der Waals surface area contributed by atoms with Gasteiger partial charge in [0.15, 0.2) is 0 Å². The molecule has 0 unspecified atom stereocenters. The molecule has 2 aromatic heterocycles. The number of para-hydroxylation sites is 1. The number of hydrogen-bond acceptors (Lipinski definition) is 1. The van der Waals surface area contributed by atoms with Crippen LogP contribution in [0.15, 0.2) is 51.8 Å². The minimum absolute atomic E-state index is 1.10. The van der Waals surface area contributed by atoms with Crippen LogP contribution >= 0.6 is 27.3 Å². The van der Waals surface area contributed by atoms with Crippen LogP contribution in [0.3, 0.4) is 0 Å². The van der Waals surface area contributed by atoms with Gasteiger partial charge in [0.2, 0.25) is 0 Å². The molecule has 0 saturated carbocycles. The summed E-state index contributed by atoms with van der Waals surface area (Å²) in [5, 5.41) is 5.50. The van der Waals surface area contributed by atoms with Gasteiger partial charge in [-0.05, 0) is 39.5 Å². The fourth-order valence-corrected chi connectivity index (χ4v) is 3.03. The van der Waals surface area contributed by atoms with Crippen LogP contribution in [0.2, 0.25) is 0 Å². The smallest absolute Gasteiger partial charge is 0.0903 e. The summed E-state index contributed by atoms with van der Waals surface area (Å²) < 4.78 is 3.31. The highest BCUT2D eigenvalue weighted by atomic mass is 79.9. The first-order chi connectivity index (χ1) is 7.36. The molecule has 3 aromatic rings. The summed E-state index contributed by atoms with van der Waals surface area (Å²) in [7, 11) is 0. The van der Waals surface area contributed by atoms with E-state index in [9.17, 15) is 0 Å². The third kappa shape index (κ3) is 1.43. The third-order valence-electron chi connectivity index (χ3n) is 2.43. The van der Waals surface area contributed by atoms with Crippen LogP contribution < -0.4 is 0 Å². The fourth-order valence-electron chi connectivity index (χ4n) is 1.77. The molecule has 0 bridgehead atoms. The second kappa shape index (κ2) is 3.51. The summed E-state index contributed by atoms with van der Waals surface area (Å²) >= 11 is 5.31. The van der Waals surface area contributed by atoms with Crippen LogP contribution in [0.1, 0.15) is 0 Å². The Bertz CT molecular complexity index is 595. The summed E-state index contributed by atoms with van der Waals surface area (Å²) in [5.74, 6) is 0. The monoisotopic (exact) mass is 277 g/mol. The molecule has 0 saturated heterocycles. The molecular weight excluding hydrogens is 270 g/mol. The van der Waals surface area contributed by atoms with E-state index in [1.54, 1.807) is 11.3 Å². The van der Waals surface area contributed by atoms with E-state index < -0.39 is 0 Å². The van der Waals surface area contributed by atoms with Crippen LogP contribution in [0.4, 0.5) is 0 Å². The van der Waals surface area contributed by atoms with E-state index in [1.165, 1.54) is 16.6 Å². The predicted octanol–water partition coefficient (Wildman–Crippen LogP) is 4.45. The van der Waals surface area contributed by atoms with Crippen molar-refractivity contribution in [2.45, 2.75) is 0 Å². The maximum absolute atomic E-state index is 3.60. The number of fused-ring (bicyclic) bond motifs is 1. The molecule has 1 nitrogen and oxygen atoms in total. The first-order valence-electron chi connectivity index (χ1n) is 4.65. The summed E-state index contributed by atoms with van der Waals surface area (Å²) in [4.78, 5) is 0. The Kier molecular flexibility index (Phi) is 2.15. The average Bonchev–Trinajstić information content (AvgIpc) is 2.82. The highest BCUT2D eigenvalue weighted by Crippen LogP contribution is 2.28. The van der Waals surface area contributed by atoms with Crippen molar-refractivity contribution in [3.05, 3.63) is 51.8 Å². The molecular formula is C12H8BrNS. The molecule has 0 radical (unpaired) electrons. The maximum Gasteiger partial charge on any atom is 0.0903 e. The number of aromatic nitrogens is 1. The summed E-state index contributed by atoms with van der Waals surface area (Å²) in [5.41, 5.74) is 2.45. The van der Waals surface area contributed by atoms with Gasteiger partial charge >= 0.3 is 0 Å². The Labute approximate surface area is 100 Å². The Morgan fingerprint density at radius 3 is 2.80 bits per heavy atom. The number of halogens is 1. The zero-order valence-corrected chi connectivity index (χ0v) is 10.3. The molecule has 0 fully saturated rings. The van der Waals surface area contributed by atoms with E-state index in [1.807, 2.05) is 0 Å². The highest BCUT2D eigenvalue weighted by Gasteiger charge is 2.07. The lowest BCUT2D eigenvalue weighted by Gasteiger charge is -2.03. The summed E-state index contributed by atoms with van der Waals surface area (Å²) in [6, 6.07) is 12.7. The minimum atomic E-state index is 1.10. The number of hydrogen-bond donors (Lipinski definition) is 0. The zero-order chi connectivity index (χ0) is 10.3. The second-order valence-corrected chi connectivity index (χ2v) is 4.94. The predicted molar refractivity (Wildman–Crippen MR) is 68.9 cm³/mol. The molecule has 15 heavy (non-hydrogen) atoms. The molecule has 0 amide bonds. The molecule has 0 aliphatic carbocycles. The first kappa shape index (κ1) is 9.19. The van der Waals surface area contributed by atoms with E-state index in [2.05, 4.69) is 67.7 Å². The Morgan fingerprint density at radius 1 is 1.13 bits per heavy atom. The maximum atomic E-state index is 3.60. The molecule has 1 aromatic carbocycles. The van der Waals surface area contributed by atoms with Crippen molar-refractivity contribution in [2.75, 3.05) is 0 Å². The molecule has 74 valence electrons. The highest BCUT2D eigenvalue weighted by molar-refractivity contribution is 9.10. The molecule has 2 heterocycles. The van der Waals surface area contributed by atoms with Gasteiger partial charge in [-0.15, -0.1) is 0 Å². The lowest BCUT2D eigenvalue weighted by Crippen LogP contribution is -1.90. The third-order valence-corrected chi connectivity index (χ3v) is 3.68. The van der Waals surface area contributed by atoms with E-state index in [0.717, 1.165) is 4.60 Å². The minimum Gasteiger partial charge on any atom is -0.303 e. The number of rotatable bonds is 1. The molecule has 3 rings (SSSR count). The van der Waals surface area contributed by atoms with Gasteiger partial charge in [0.25, 0.3) is 0 Å². The van der Waals surface area contributed by atoms with Crippen LogP contribution in [0.25, 0.3) is 16.6 Å². The summed E-state index contributed by atoms with van der Waals surface area (Å²) in [6.07, 6.45) is 0. The quantitative estimate of drug-likeness (QED) is 0.619. The van der Waals surface area contributed by atoms with Crippen molar-refractivity contribution in [2.24, 2.45) is 0 Å². The number of thiophene rings is 1. The van der Waals surface area contributed by atoms with Gasteiger partial charge in [-0.25, -0.2) is 0 Å². The van der Waals surface area contributed by atoms with Crippen LogP contribution in [-0.2, 0) is 0 Å². The Hall–Kier alpha value is -1.06. The van der Waals surface area contributed by atoms with Gasteiger partial charge in [0.1, 0.15) is 0 Å². The van der Waals surface area contributed by atoms with E-state index in [4.69, 9.17) is 0 Å². The standard InChI is InChI=1S/C12H8BrNS/c13-12-7-9-3-1-2-4-11(9)14(12)10-5-6-15-8-10/h1-8H. The van der Waals surface area contributed by atoms with Crippen molar-refractivity contribution in [3.8, 4) is 5.69 Å². The average molecular weight is 278 g/mol. The Morgan fingerprint density at radius 2 is 2.00 bits per heavy atom. The largest absolute Gasteiger partial charge is 0.303 e. The van der Waals surface area contributed by atoms with Crippen molar-refractivity contribution in [1.82, 2.24) is 4.57 Å². The topological polar surface area (TPSA) is 4.93 Å². The van der Waals surface area contributed by atoms with Gasteiger partial charge in [-0.2, -0.15) is 11.3 Å². The van der Waals surface area contributed by atoms with Gasteiger partial charge in [0.05, 0.1) is 15.8 Å². The second-order valence-electron chi connectivity index (χ2n) is 3.34. The normalized spacial score (nSPS) is 11.0. The first-order valence-corrected chi connectivity index (χ1v) is 6.38. The van der Waals surface area contributed by atoms with Gasteiger partial charge in [-0.3, -0.25) is 0 Å². The summed E-state index contributed by atoms with van der Waals surface area (Å²) in [6.45, 7) is 0. The molecule has 0 aliphatic heterocycles. The SMILES string of the molecule is Brc1cc2ccccc2n1-c1ccsc1. The molecule has 0 aliphatic rings. The lowest BCUT2D eigenvalue weighted by atomic mass is 10.2. The number of nitrogens with zero attached hydrogens (tertiary/aromatic N) is 1. The van der Waals surface area contributed by atoms with Crippen LogP contribution in [0, 0.1) is 0 Å². The van der Waals surface area contributed by atoms with Crippen molar-refractivity contribution in [1.29, 1.82) is 0 Å². The van der Waals surface area contributed by atoms with Gasteiger partial charge < -0.3 is 4.57 Å².